The van der Waals surface area contributed by atoms with Gasteiger partial charge in [-0.3, -0.25) is 4.21 Å². The van der Waals surface area contributed by atoms with Crippen LogP contribution in [0.4, 0.5) is 5.69 Å². The van der Waals surface area contributed by atoms with Gasteiger partial charge in [0.15, 0.2) is 0 Å². The highest BCUT2D eigenvalue weighted by Crippen LogP contribution is 2.19. The number of nitrogen functional groups attached to an aromatic ring is 1. The first-order chi connectivity index (χ1) is 8.86. The van der Waals surface area contributed by atoms with Crippen LogP contribution >= 0.6 is 0 Å². The van der Waals surface area contributed by atoms with Gasteiger partial charge in [0.1, 0.15) is 0 Å². The van der Waals surface area contributed by atoms with E-state index < -0.39 is 20.8 Å². The largest absolute Gasteiger partial charge is 0.399 e. The number of nitrogens with one attached hydrogen (secondary N) is 1. The molecule has 0 saturated heterocycles. The third kappa shape index (κ3) is 4.93. The summed E-state index contributed by atoms with van der Waals surface area (Å²) < 4.78 is 37.7. The highest BCUT2D eigenvalue weighted by atomic mass is 32.2. The standard InChI is InChI=1S/C12H20N2O3S2/c1-3-10-5-6-11(13)9-12(10)19(16,17)14-7-4-8-18(2)15/h5-6,9,14H,3-4,7-8,13H2,1-2H3. The zero-order chi connectivity index (χ0) is 14.5. The van der Waals surface area contributed by atoms with Gasteiger partial charge in [0, 0.05) is 35.0 Å². The van der Waals surface area contributed by atoms with E-state index in [9.17, 15) is 12.6 Å². The Kier molecular flexibility index (Phi) is 5.96. The van der Waals surface area contributed by atoms with Gasteiger partial charge in [-0.15, -0.1) is 0 Å². The van der Waals surface area contributed by atoms with Gasteiger partial charge < -0.3 is 5.73 Å². The molecule has 0 aliphatic carbocycles. The molecule has 0 fully saturated rings. The molecule has 1 rings (SSSR count). The molecule has 0 aliphatic heterocycles. The van der Waals surface area contributed by atoms with E-state index in [4.69, 9.17) is 5.73 Å². The summed E-state index contributed by atoms with van der Waals surface area (Å²) in [5.74, 6) is 0.486. The van der Waals surface area contributed by atoms with Gasteiger partial charge in [0.25, 0.3) is 0 Å². The molecule has 3 N–H and O–H groups in total. The van der Waals surface area contributed by atoms with Crippen LogP contribution in [0.25, 0.3) is 0 Å². The molecule has 0 radical (unpaired) electrons. The number of sulfonamides is 1. The van der Waals surface area contributed by atoms with Gasteiger partial charge in [0.05, 0.1) is 4.90 Å². The van der Waals surface area contributed by atoms with Crippen molar-refractivity contribution < 1.29 is 12.6 Å². The minimum atomic E-state index is -3.55. The van der Waals surface area contributed by atoms with Crippen molar-refractivity contribution in [2.45, 2.75) is 24.7 Å². The molecule has 0 bridgehead atoms. The normalized spacial score (nSPS) is 13.4. The van der Waals surface area contributed by atoms with Crippen LogP contribution in [0.5, 0.6) is 0 Å². The quantitative estimate of drug-likeness (QED) is 0.578. The lowest BCUT2D eigenvalue weighted by Crippen LogP contribution is -2.26. The molecule has 1 unspecified atom stereocenters. The van der Waals surface area contributed by atoms with Crippen LogP contribution in [0.2, 0.25) is 0 Å². The lowest BCUT2D eigenvalue weighted by Gasteiger charge is -2.11. The summed E-state index contributed by atoms with van der Waals surface area (Å²) in [6, 6.07) is 4.89. The maximum absolute atomic E-state index is 12.2. The summed E-state index contributed by atoms with van der Waals surface area (Å²) in [4.78, 5) is 0.229. The molecular weight excluding hydrogens is 284 g/mol. The minimum Gasteiger partial charge on any atom is -0.399 e. The van der Waals surface area contributed by atoms with Crippen molar-refractivity contribution in [2.75, 3.05) is 24.3 Å². The maximum Gasteiger partial charge on any atom is 0.240 e. The van der Waals surface area contributed by atoms with Crippen molar-refractivity contribution in [3.8, 4) is 0 Å². The average Bonchev–Trinajstić information content (AvgIpc) is 2.34. The lowest BCUT2D eigenvalue weighted by atomic mass is 10.1. The molecule has 0 amide bonds. The molecular formula is C12H20N2O3S2. The van der Waals surface area contributed by atoms with Crippen LogP contribution in [0.3, 0.4) is 0 Å². The van der Waals surface area contributed by atoms with Gasteiger partial charge in [-0.25, -0.2) is 13.1 Å². The van der Waals surface area contributed by atoms with E-state index in [0.29, 0.717) is 24.3 Å². The number of aryl methyl sites for hydroxylation is 1. The predicted molar refractivity (Wildman–Crippen MR) is 79.0 cm³/mol. The summed E-state index contributed by atoms with van der Waals surface area (Å²) >= 11 is 0. The first kappa shape index (κ1) is 16.1. The summed E-state index contributed by atoms with van der Waals surface area (Å²) in [5, 5.41) is 0. The average molecular weight is 304 g/mol. The van der Waals surface area contributed by atoms with E-state index in [1.807, 2.05) is 6.92 Å². The van der Waals surface area contributed by atoms with Crippen LogP contribution in [0.15, 0.2) is 23.1 Å². The Labute approximate surface area is 117 Å². The fraction of sp³-hybridized carbons (Fsp3) is 0.500. The summed E-state index contributed by atoms with van der Waals surface area (Å²) in [5.41, 5.74) is 6.80. The first-order valence-corrected chi connectivity index (χ1v) is 9.26. The Morgan fingerprint density at radius 3 is 2.63 bits per heavy atom. The molecule has 19 heavy (non-hydrogen) atoms. The van der Waals surface area contributed by atoms with Gasteiger partial charge in [-0.2, -0.15) is 0 Å². The summed E-state index contributed by atoms with van der Waals surface area (Å²) in [7, 11) is -4.46. The second-order valence-electron chi connectivity index (χ2n) is 4.25. The summed E-state index contributed by atoms with van der Waals surface area (Å²) in [6.45, 7) is 2.17. The molecule has 0 saturated carbocycles. The number of rotatable bonds is 7. The van der Waals surface area contributed by atoms with Crippen molar-refractivity contribution in [1.82, 2.24) is 4.72 Å². The Morgan fingerprint density at radius 2 is 2.05 bits per heavy atom. The number of hydrogen-bond donors (Lipinski definition) is 2. The second kappa shape index (κ2) is 7.02. The van der Waals surface area contributed by atoms with Crippen LogP contribution < -0.4 is 10.5 Å². The van der Waals surface area contributed by atoms with Crippen LogP contribution in [0, 0.1) is 0 Å². The number of nitrogens with two attached hydrogens (primary N) is 1. The zero-order valence-electron chi connectivity index (χ0n) is 11.2. The highest BCUT2D eigenvalue weighted by molar-refractivity contribution is 7.89. The van der Waals surface area contributed by atoms with E-state index in [1.165, 1.54) is 6.07 Å². The van der Waals surface area contributed by atoms with Crippen LogP contribution in [-0.2, 0) is 27.2 Å². The van der Waals surface area contributed by atoms with Gasteiger partial charge >= 0.3 is 0 Å². The number of hydrogen-bond acceptors (Lipinski definition) is 4. The van der Waals surface area contributed by atoms with E-state index in [-0.39, 0.29) is 11.4 Å². The third-order valence-corrected chi connectivity index (χ3v) is 5.07. The van der Waals surface area contributed by atoms with Crippen molar-refractivity contribution in [2.24, 2.45) is 0 Å². The molecule has 5 nitrogen and oxygen atoms in total. The second-order valence-corrected chi connectivity index (χ2v) is 7.54. The molecule has 1 atom stereocenters. The fourth-order valence-corrected chi connectivity index (χ4v) is 3.64. The Hall–Kier alpha value is -0.920. The van der Waals surface area contributed by atoms with Gasteiger partial charge in [0.2, 0.25) is 10.0 Å². The van der Waals surface area contributed by atoms with Crippen molar-refractivity contribution in [3.05, 3.63) is 23.8 Å². The molecule has 1 aromatic rings. The molecule has 108 valence electrons. The van der Waals surface area contributed by atoms with Crippen molar-refractivity contribution in [1.29, 1.82) is 0 Å². The fourth-order valence-electron chi connectivity index (χ4n) is 1.67. The van der Waals surface area contributed by atoms with E-state index in [2.05, 4.69) is 4.72 Å². The minimum absolute atomic E-state index is 0.229. The topological polar surface area (TPSA) is 89.3 Å². The van der Waals surface area contributed by atoms with E-state index in [1.54, 1.807) is 18.4 Å². The van der Waals surface area contributed by atoms with Gasteiger partial charge in [-0.05, 0) is 30.5 Å². The molecule has 1 aromatic carbocycles. The van der Waals surface area contributed by atoms with Gasteiger partial charge in [-0.1, -0.05) is 13.0 Å². The first-order valence-electron chi connectivity index (χ1n) is 6.05. The van der Waals surface area contributed by atoms with Crippen LogP contribution in [-0.4, -0.2) is 31.2 Å². The lowest BCUT2D eigenvalue weighted by molar-refractivity contribution is 0.579. The molecule has 7 heteroatoms. The number of benzene rings is 1. The third-order valence-electron chi connectivity index (χ3n) is 2.66. The molecule has 0 aromatic heterocycles. The SMILES string of the molecule is CCc1ccc(N)cc1S(=O)(=O)NCCCS(C)=O. The molecule has 0 heterocycles. The van der Waals surface area contributed by atoms with E-state index >= 15 is 0 Å². The predicted octanol–water partition coefficient (Wildman–Crippen LogP) is 0.878. The smallest absolute Gasteiger partial charge is 0.240 e. The molecule has 0 aliphatic rings. The highest BCUT2D eigenvalue weighted by Gasteiger charge is 2.17. The monoisotopic (exact) mass is 304 g/mol. The summed E-state index contributed by atoms with van der Waals surface area (Å²) in [6.07, 6.45) is 2.77. The Bertz CT molecular complexity index is 556. The zero-order valence-corrected chi connectivity index (χ0v) is 12.8. The van der Waals surface area contributed by atoms with Crippen LogP contribution in [0.1, 0.15) is 18.9 Å². The Balaban J connectivity index is 2.82. The number of anilines is 1. The van der Waals surface area contributed by atoms with Crippen molar-refractivity contribution >= 4 is 26.5 Å². The molecule has 0 spiro atoms. The maximum atomic E-state index is 12.2. The Morgan fingerprint density at radius 1 is 1.37 bits per heavy atom. The van der Waals surface area contributed by atoms with E-state index in [0.717, 1.165) is 5.56 Å². The van der Waals surface area contributed by atoms with Crippen molar-refractivity contribution in [3.63, 3.8) is 0 Å².